The van der Waals surface area contributed by atoms with E-state index in [0.29, 0.717) is 13.1 Å². The van der Waals surface area contributed by atoms with Gasteiger partial charge in [-0.05, 0) is 7.05 Å². The zero-order valence-corrected chi connectivity index (χ0v) is 7.52. The van der Waals surface area contributed by atoms with Gasteiger partial charge in [-0.3, -0.25) is 9.69 Å². The molecule has 0 spiro atoms. The summed E-state index contributed by atoms with van der Waals surface area (Å²) in [5, 5.41) is 6.92. The van der Waals surface area contributed by atoms with E-state index in [1.54, 1.807) is 0 Å². The summed E-state index contributed by atoms with van der Waals surface area (Å²) in [4.78, 5) is 12.5. The first-order chi connectivity index (χ1) is 5.72. The zero-order valence-electron chi connectivity index (χ0n) is 6.70. The van der Waals surface area contributed by atoms with Gasteiger partial charge in [0.2, 0.25) is 0 Å². The van der Waals surface area contributed by atoms with Crippen LogP contribution in [0.2, 0.25) is 0 Å². The number of terminal acetylenes is 1. The molecule has 1 aromatic heterocycles. The lowest BCUT2D eigenvalue weighted by Gasteiger charge is -2.09. The summed E-state index contributed by atoms with van der Waals surface area (Å²) in [6.07, 6.45) is 5.11. The van der Waals surface area contributed by atoms with Gasteiger partial charge in [0, 0.05) is 0 Å². The van der Waals surface area contributed by atoms with Crippen LogP contribution in [0.15, 0.2) is 4.79 Å². The third-order valence-electron chi connectivity index (χ3n) is 1.25. The van der Waals surface area contributed by atoms with Crippen molar-refractivity contribution in [3.8, 4) is 12.3 Å². The molecule has 0 bridgehead atoms. The van der Waals surface area contributed by atoms with Crippen LogP contribution in [0.4, 0.5) is 0 Å². The second-order valence-electron chi connectivity index (χ2n) is 2.38. The fourth-order valence-corrected chi connectivity index (χ4v) is 1.45. The van der Waals surface area contributed by atoms with E-state index in [1.165, 1.54) is 0 Å². The lowest BCUT2D eigenvalue weighted by atomic mass is 10.5. The highest BCUT2D eigenvalue weighted by molar-refractivity contribution is 7.08. The SMILES string of the molecule is C#CCN(C)Cc1n[nH]c(=O)s1. The molecule has 0 radical (unpaired) electrons. The van der Waals surface area contributed by atoms with E-state index in [-0.39, 0.29) is 4.87 Å². The minimum absolute atomic E-state index is 0.126. The second kappa shape index (κ2) is 4.04. The van der Waals surface area contributed by atoms with Crippen molar-refractivity contribution in [2.24, 2.45) is 0 Å². The second-order valence-corrected chi connectivity index (χ2v) is 3.43. The standard InChI is InChI=1S/C7H9N3OS/c1-3-4-10(2)5-6-8-9-7(11)12-6/h1H,4-5H2,2H3,(H,9,11). The summed E-state index contributed by atoms with van der Waals surface area (Å²) in [5.74, 6) is 2.51. The molecule has 12 heavy (non-hydrogen) atoms. The molecule has 0 aliphatic heterocycles. The van der Waals surface area contributed by atoms with Crippen LogP contribution in [-0.4, -0.2) is 28.7 Å². The monoisotopic (exact) mass is 183 g/mol. The molecule has 0 aromatic carbocycles. The van der Waals surface area contributed by atoms with Gasteiger partial charge < -0.3 is 0 Å². The fourth-order valence-electron chi connectivity index (χ4n) is 0.771. The zero-order chi connectivity index (χ0) is 8.97. The Morgan fingerprint density at radius 2 is 2.58 bits per heavy atom. The lowest BCUT2D eigenvalue weighted by Crippen LogP contribution is -2.17. The fraction of sp³-hybridized carbons (Fsp3) is 0.429. The highest BCUT2D eigenvalue weighted by atomic mass is 32.1. The van der Waals surface area contributed by atoms with Crippen molar-refractivity contribution in [2.45, 2.75) is 6.54 Å². The van der Waals surface area contributed by atoms with Gasteiger partial charge in [-0.25, -0.2) is 5.10 Å². The van der Waals surface area contributed by atoms with Crippen molar-refractivity contribution in [1.29, 1.82) is 0 Å². The topological polar surface area (TPSA) is 49.0 Å². The Labute approximate surface area is 74.2 Å². The first-order valence-corrected chi connectivity index (χ1v) is 4.20. The van der Waals surface area contributed by atoms with Crippen molar-refractivity contribution in [2.75, 3.05) is 13.6 Å². The molecule has 1 rings (SSSR count). The predicted octanol–water partition coefficient (Wildman–Crippen LogP) is -0.104. The first-order valence-electron chi connectivity index (χ1n) is 3.39. The predicted molar refractivity (Wildman–Crippen MR) is 47.9 cm³/mol. The van der Waals surface area contributed by atoms with Crippen molar-refractivity contribution in [1.82, 2.24) is 15.1 Å². The number of nitrogens with one attached hydrogen (secondary N) is 1. The maximum Gasteiger partial charge on any atom is 0.322 e. The normalized spacial score (nSPS) is 10.1. The number of aromatic nitrogens is 2. The third kappa shape index (κ3) is 2.49. The number of H-pyrrole nitrogens is 1. The van der Waals surface area contributed by atoms with E-state index in [2.05, 4.69) is 16.1 Å². The molecule has 0 atom stereocenters. The minimum Gasteiger partial charge on any atom is -0.289 e. The van der Waals surface area contributed by atoms with Crippen LogP contribution in [0.25, 0.3) is 0 Å². The maximum absolute atomic E-state index is 10.7. The van der Waals surface area contributed by atoms with Gasteiger partial charge in [-0.15, -0.1) is 6.42 Å². The van der Waals surface area contributed by atoms with Crippen LogP contribution in [0.1, 0.15) is 5.01 Å². The molecule has 0 fully saturated rings. The van der Waals surface area contributed by atoms with Crippen LogP contribution in [0.3, 0.4) is 0 Å². The first kappa shape index (κ1) is 8.97. The Balaban J connectivity index is 2.53. The van der Waals surface area contributed by atoms with Crippen molar-refractivity contribution >= 4 is 11.3 Å². The van der Waals surface area contributed by atoms with Crippen molar-refractivity contribution in [3.63, 3.8) is 0 Å². The molecule has 0 unspecified atom stereocenters. The van der Waals surface area contributed by atoms with Gasteiger partial charge in [-0.1, -0.05) is 17.3 Å². The summed E-state index contributed by atoms with van der Waals surface area (Å²) in [7, 11) is 1.88. The highest BCUT2D eigenvalue weighted by Gasteiger charge is 2.02. The van der Waals surface area contributed by atoms with E-state index < -0.39 is 0 Å². The van der Waals surface area contributed by atoms with Crippen LogP contribution in [0, 0.1) is 12.3 Å². The molecule has 64 valence electrons. The van der Waals surface area contributed by atoms with E-state index >= 15 is 0 Å². The summed E-state index contributed by atoms with van der Waals surface area (Å²) < 4.78 is 0. The summed E-state index contributed by atoms with van der Waals surface area (Å²) >= 11 is 1.11. The number of nitrogens with zero attached hydrogens (tertiary/aromatic N) is 2. The molecule has 1 aromatic rings. The van der Waals surface area contributed by atoms with E-state index in [0.717, 1.165) is 16.3 Å². The lowest BCUT2D eigenvalue weighted by molar-refractivity contribution is 0.367. The molecule has 1 N–H and O–H groups in total. The number of hydrogen-bond donors (Lipinski definition) is 1. The van der Waals surface area contributed by atoms with Gasteiger partial charge in [-0.2, -0.15) is 5.10 Å². The molecular weight excluding hydrogens is 174 g/mol. The molecule has 0 aliphatic carbocycles. The Morgan fingerprint density at radius 3 is 3.08 bits per heavy atom. The largest absolute Gasteiger partial charge is 0.322 e. The molecule has 0 saturated heterocycles. The average Bonchev–Trinajstić information content (AvgIpc) is 2.36. The van der Waals surface area contributed by atoms with Crippen LogP contribution in [-0.2, 0) is 6.54 Å². The molecule has 5 heteroatoms. The molecule has 1 heterocycles. The van der Waals surface area contributed by atoms with Gasteiger partial charge in [0.05, 0.1) is 13.1 Å². The molecular formula is C7H9N3OS. The van der Waals surface area contributed by atoms with Crippen LogP contribution >= 0.6 is 11.3 Å². The van der Waals surface area contributed by atoms with E-state index in [4.69, 9.17) is 6.42 Å². The maximum atomic E-state index is 10.7. The quantitative estimate of drug-likeness (QED) is 0.665. The van der Waals surface area contributed by atoms with Crippen LogP contribution in [0.5, 0.6) is 0 Å². The highest BCUT2D eigenvalue weighted by Crippen LogP contribution is 1.99. The molecule has 0 amide bonds. The average molecular weight is 183 g/mol. The van der Waals surface area contributed by atoms with Crippen molar-refractivity contribution < 1.29 is 0 Å². The van der Waals surface area contributed by atoms with Gasteiger partial charge >= 0.3 is 4.87 Å². The number of aromatic amines is 1. The summed E-state index contributed by atoms with van der Waals surface area (Å²) in [6, 6.07) is 0. The third-order valence-corrected chi connectivity index (χ3v) is 1.98. The molecule has 0 aliphatic rings. The molecule has 0 saturated carbocycles. The van der Waals surface area contributed by atoms with Crippen molar-refractivity contribution in [3.05, 3.63) is 14.7 Å². The van der Waals surface area contributed by atoms with E-state index in [1.807, 2.05) is 11.9 Å². The van der Waals surface area contributed by atoms with E-state index in [9.17, 15) is 4.79 Å². The molecule has 4 nitrogen and oxygen atoms in total. The Bertz CT molecular complexity index is 335. The smallest absolute Gasteiger partial charge is 0.289 e. The number of rotatable bonds is 3. The number of hydrogen-bond acceptors (Lipinski definition) is 4. The Morgan fingerprint density at radius 1 is 1.83 bits per heavy atom. The Hall–Kier alpha value is -1.12. The summed E-state index contributed by atoms with van der Waals surface area (Å²) in [5.41, 5.74) is 0. The van der Waals surface area contributed by atoms with Crippen LogP contribution < -0.4 is 4.87 Å². The minimum atomic E-state index is -0.126. The van der Waals surface area contributed by atoms with Gasteiger partial charge in [0.1, 0.15) is 5.01 Å². The Kier molecular flexibility index (Phi) is 3.02. The van der Waals surface area contributed by atoms with Gasteiger partial charge in [0.25, 0.3) is 0 Å². The van der Waals surface area contributed by atoms with Gasteiger partial charge in [0.15, 0.2) is 0 Å². The summed E-state index contributed by atoms with van der Waals surface area (Å²) in [6.45, 7) is 1.18.